The molecule has 0 aromatic carbocycles. The molecule has 11 heavy (non-hydrogen) atoms. The molecule has 0 rings (SSSR count). The fourth-order valence-electron chi connectivity index (χ4n) is 0.765. The molecule has 0 saturated carbocycles. The van der Waals surface area contributed by atoms with Gasteiger partial charge in [-0.15, -0.1) is 0 Å². The van der Waals surface area contributed by atoms with Crippen molar-refractivity contribution < 1.29 is 4.79 Å². The van der Waals surface area contributed by atoms with Crippen molar-refractivity contribution >= 4 is 6.41 Å². The molecule has 0 saturated heterocycles. The van der Waals surface area contributed by atoms with Crippen LogP contribution >= 0.6 is 0 Å². The van der Waals surface area contributed by atoms with Crippen LogP contribution in [0, 0.1) is 5.92 Å². The van der Waals surface area contributed by atoms with Gasteiger partial charge in [0.1, 0.15) is 0 Å². The lowest BCUT2D eigenvalue weighted by atomic mass is 10.2. The zero-order valence-corrected chi connectivity index (χ0v) is 7.39. The van der Waals surface area contributed by atoms with Gasteiger partial charge in [-0.3, -0.25) is 4.79 Å². The largest absolute Gasteiger partial charge is 0.359 e. The summed E-state index contributed by atoms with van der Waals surface area (Å²) in [6, 6.07) is 0. The predicted octanol–water partition coefficient (Wildman–Crippen LogP) is 0.368. The van der Waals surface area contributed by atoms with Gasteiger partial charge in [0.05, 0.1) is 0 Å². The topological polar surface area (TPSA) is 41.1 Å². The Morgan fingerprint density at radius 2 is 2.09 bits per heavy atom. The van der Waals surface area contributed by atoms with Gasteiger partial charge in [-0.05, 0) is 25.4 Å². The second-order valence-corrected chi connectivity index (χ2v) is 3.02. The molecule has 1 amide bonds. The first-order valence-electron chi connectivity index (χ1n) is 4.15. The van der Waals surface area contributed by atoms with Gasteiger partial charge in [-0.25, -0.2) is 0 Å². The van der Waals surface area contributed by atoms with Crippen LogP contribution in [0.4, 0.5) is 0 Å². The van der Waals surface area contributed by atoms with Crippen molar-refractivity contribution in [3.8, 4) is 0 Å². The molecule has 0 aliphatic carbocycles. The Bertz CT molecular complexity index is 94.1. The van der Waals surface area contributed by atoms with Gasteiger partial charge >= 0.3 is 0 Å². The molecule has 0 aromatic heterocycles. The minimum atomic E-state index is 0.703. The van der Waals surface area contributed by atoms with Crippen molar-refractivity contribution in [1.29, 1.82) is 0 Å². The third-order valence-electron chi connectivity index (χ3n) is 1.31. The van der Waals surface area contributed by atoms with Crippen LogP contribution in [0.5, 0.6) is 0 Å². The molecule has 0 unspecified atom stereocenters. The van der Waals surface area contributed by atoms with Gasteiger partial charge in [0.25, 0.3) is 0 Å². The maximum absolute atomic E-state index is 9.81. The normalized spacial score (nSPS) is 10.1. The van der Waals surface area contributed by atoms with Gasteiger partial charge in [-0.2, -0.15) is 0 Å². The molecule has 0 bridgehead atoms. The zero-order chi connectivity index (χ0) is 8.53. The van der Waals surface area contributed by atoms with Crippen molar-refractivity contribution in [1.82, 2.24) is 10.6 Å². The number of carbonyl (C=O) groups is 1. The molecule has 0 aliphatic heterocycles. The molecule has 66 valence electrons. The SMILES string of the molecule is CC(C)CNCCCNC=O. The summed E-state index contributed by atoms with van der Waals surface area (Å²) >= 11 is 0. The molecule has 3 nitrogen and oxygen atoms in total. The molecular weight excluding hydrogens is 140 g/mol. The number of carbonyl (C=O) groups excluding carboxylic acids is 1. The van der Waals surface area contributed by atoms with Crippen LogP contribution in [0.3, 0.4) is 0 Å². The van der Waals surface area contributed by atoms with Gasteiger partial charge in [0.2, 0.25) is 6.41 Å². The van der Waals surface area contributed by atoms with Crippen LogP contribution in [-0.4, -0.2) is 26.0 Å². The fourth-order valence-corrected chi connectivity index (χ4v) is 0.765. The predicted molar refractivity (Wildman–Crippen MR) is 46.4 cm³/mol. The summed E-state index contributed by atoms with van der Waals surface area (Å²) in [5, 5.41) is 5.90. The van der Waals surface area contributed by atoms with E-state index in [-0.39, 0.29) is 0 Å². The summed E-state index contributed by atoms with van der Waals surface area (Å²) in [4.78, 5) is 9.81. The lowest BCUT2D eigenvalue weighted by Gasteiger charge is -2.06. The molecule has 2 N–H and O–H groups in total. The van der Waals surface area contributed by atoms with Gasteiger partial charge in [0.15, 0.2) is 0 Å². The first-order chi connectivity index (χ1) is 5.27. The average molecular weight is 158 g/mol. The second kappa shape index (κ2) is 7.54. The first-order valence-corrected chi connectivity index (χ1v) is 4.15. The lowest BCUT2D eigenvalue weighted by Crippen LogP contribution is -2.24. The molecule has 3 heteroatoms. The van der Waals surface area contributed by atoms with Crippen molar-refractivity contribution in [3.63, 3.8) is 0 Å². The van der Waals surface area contributed by atoms with Crippen LogP contribution in [0.15, 0.2) is 0 Å². The van der Waals surface area contributed by atoms with E-state index >= 15 is 0 Å². The van der Waals surface area contributed by atoms with E-state index in [1.807, 2.05) is 0 Å². The third kappa shape index (κ3) is 9.43. The summed E-state index contributed by atoms with van der Waals surface area (Å²) in [6.45, 7) is 7.17. The number of amides is 1. The monoisotopic (exact) mass is 158 g/mol. The van der Waals surface area contributed by atoms with Gasteiger partial charge in [0, 0.05) is 6.54 Å². The van der Waals surface area contributed by atoms with E-state index in [2.05, 4.69) is 24.5 Å². The molecule has 0 radical (unpaired) electrons. The maximum Gasteiger partial charge on any atom is 0.207 e. The Hall–Kier alpha value is -0.570. The highest BCUT2D eigenvalue weighted by molar-refractivity contribution is 5.45. The fraction of sp³-hybridized carbons (Fsp3) is 0.875. The summed E-state index contributed by atoms with van der Waals surface area (Å²) in [5.74, 6) is 0.703. The molecule has 0 aliphatic rings. The minimum Gasteiger partial charge on any atom is -0.359 e. The number of hydrogen-bond acceptors (Lipinski definition) is 2. The second-order valence-electron chi connectivity index (χ2n) is 3.02. The summed E-state index contributed by atoms with van der Waals surface area (Å²) in [7, 11) is 0. The van der Waals surface area contributed by atoms with Crippen LogP contribution in [-0.2, 0) is 4.79 Å². The minimum absolute atomic E-state index is 0.703. The van der Waals surface area contributed by atoms with E-state index in [0.29, 0.717) is 5.92 Å². The summed E-state index contributed by atoms with van der Waals surface area (Å²) in [6.07, 6.45) is 1.74. The maximum atomic E-state index is 9.81. The Morgan fingerprint density at radius 3 is 2.64 bits per heavy atom. The molecule has 0 fully saturated rings. The average Bonchev–Trinajstić information content (AvgIpc) is 1.96. The molecule has 0 heterocycles. The summed E-state index contributed by atoms with van der Waals surface area (Å²) in [5.41, 5.74) is 0. The Kier molecular flexibility index (Phi) is 7.15. The van der Waals surface area contributed by atoms with E-state index < -0.39 is 0 Å². The van der Waals surface area contributed by atoms with Crippen LogP contribution in [0.2, 0.25) is 0 Å². The van der Waals surface area contributed by atoms with Crippen LogP contribution < -0.4 is 10.6 Å². The number of rotatable bonds is 7. The quantitative estimate of drug-likeness (QED) is 0.415. The first kappa shape index (κ1) is 10.4. The van der Waals surface area contributed by atoms with Crippen molar-refractivity contribution in [2.75, 3.05) is 19.6 Å². The van der Waals surface area contributed by atoms with E-state index in [1.54, 1.807) is 0 Å². The summed E-state index contributed by atoms with van der Waals surface area (Å²) < 4.78 is 0. The third-order valence-corrected chi connectivity index (χ3v) is 1.31. The highest BCUT2D eigenvalue weighted by Crippen LogP contribution is 1.86. The van der Waals surface area contributed by atoms with Crippen molar-refractivity contribution in [3.05, 3.63) is 0 Å². The highest BCUT2D eigenvalue weighted by atomic mass is 16.1. The van der Waals surface area contributed by atoms with Crippen LogP contribution in [0.1, 0.15) is 20.3 Å². The Morgan fingerprint density at radius 1 is 1.36 bits per heavy atom. The Balaban J connectivity index is 2.85. The van der Waals surface area contributed by atoms with E-state index in [4.69, 9.17) is 0 Å². The number of nitrogens with one attached hydrogen (secondary N) is 2. The Labute approximate surface area is 68.6 Å². The van der Waals surface area contributed by atoms with Crippen LogP contribution in [0.25, 0.3) is 0 Å². The lowest BCUT2D eigenvalue weighted by molar-refractivity contribution is -0.109. The van der Waals surface area contributed by atoms with E-state index in [9.17, 15) is 4.79 Å². The molecular formula is C8H18N2O. The van der Waals surface area contributed by atoms with Gasteiger partial charge in [-0.1, -0.05) is 13.8 Å². The number of hydrogen-bond donors (Lipinski definition) is 2. The van der Waals surface area contributed by atoms with Gasteiger partial charge < -0.3 is 10.6 Å². The van der Waals surface area contributed by atoms with E-state index in [1.165, 1.54) is 0 Å². The molecule has 0 atom stereocenters. The highest BCUT2D eigenvalue weighted by Gasteiger charge is 1.91. The van der Waals surface area contributed by atoms with E-state index in [0.717, 1.165) is 32.5 Å². The van der Waals surface area contributed by atoms with Crippen molar-refractivity contribution in [2.45, 2.75) is 20.3 Å². The van der Waals surface area contributed by atoms with Crippen molar-refractivity contribution in [2.24, 2.45) is 5.92 Å². The molecule has 0 spiro atoms. The smallest absolute Gasteiger partial charge is 0.207 e. The standard InChI is InChI=1S/C8H18N2O/c1-8(2)6-9-4-3-5-10-7-11/h7-9H,3-6H2,1-2H3,(H,10,11). The zero-order valence-electron chi connectivity index (χ0n) is 7.39. The molecule has 0 aromatic rings.